The summed E-state index contributed by atoms with van der Waals surface area (Å²) in [6.07, 6.45) is 0.421. The summed E-state index contributed by atoms with van der Waals surface area (Å²) in [4.78, 5) is 27.6. The number of ether oxygens (including phenoxy) is 4. The highest BCUT2D eigenvalue weighted by Gasteiger charge is 2.29. The van der Waals surface area contributed by atoms with Crippen LogP contribution in [0.1, 0.15) is 33.5 Å². The van der Waals surface area contributed by atoms with Gasteiger partial charge in [-0.2, -0.15) is 0 Å². The Kier molecular flexibility index (Phi) is 6.46. The van der Waals surface area contributed by atoms with Crippen LogP contribution in [-0.4, -0.2) is 51.7 Å². The van der Waals surface area contributed by atoms with Gasteiger partial charge in [0.15, 0.2) is 17.3 Å². The van der Waals surface area contributed by atoms with Crippen LogP contribution < -0.4 is 19.9 Å². The molecule has 146 valence electrons. The van der Waals surface area contributed by atoms with Gasteiger partial charge in [-0.3, -0.25) is 4.79 Å². The molecule has 0 aliphatic heterocycles. The van der Waals surface area contributed by atoms with Crippen LogP contribution in [0.2, 0.25) is 0 Å². The van der Waals surface area contributed by atoms with Gasteiger partial charge in [-0.1, -0.05) is 0 Å². The Morgan fingerprint density at radius 2 is 1.70 bits per heavy atom. The van der Waals surface area contributed by atoms with Crippen molar-refractivity contribution in [2.45, 2.75) is 13.3 Å². The average molecular weight is 376 g/mol. The molecule has 8 heteroatoms. The van der Waals surface area contributed by atoms with Gasteiger partial charge < -0.3 is 29.7 Å². The molecule has 0 saturated heterocycles. The van der Waals surface area contributed by atoms with Gasteiger partial charge in [0.2, 0.25) is 5.75 Å². The Balaban J connectivity index is 2.90. The molecule has 0 amide bonds. The summed E-state index contributed by atoms with van der Waals surface area (Å²) in [6.45, 7) is 1.71. The molecule has 0 saturated carbocycles. The van der Waals surface area contributed by atoms with E-state index in [2.05, 4.69) is 4.98 Å². The fourth-order valence-corrected chi connectivity index (χ4v) is 3.09. The molecule has 0 bridgehead atoms. The van der Waals surface area contributed by atoms with Crippen LogP contribution in [0, 0.1) is 0 Å². The van der Waals surface area contributed by atoms with Crippen LogP contribution >= 0.6 is 0 Å². The van der Waals surface area contributed by atoms with Crippen molar-refractivity contribution < 1.29 is 28.5 Å². The van der Waals surface area contributed by atoms with Gasteiger partial charge in [0.25, 0.3) is 0 Å². The lowest BCUT2D eigenvalue weighted by molar-refractivity contribution is 0.0591. The van der Waals surface area contributed by atoms with Crippen molar-refractivity contribution in [3.05, 3.63) is 29.1 Å². The van der Waals surface area contributed by atoms with E-state index >= 15 is 0 Å². The Morgan fingerprint density at radius 1 is 1.04 bits per heavy atom. The number of methoxy groups -OCH3 is 4. The first kappa shape index (κ1) is 20.3. The Morgan fingerprint density at radius 3 is 2.19 bits per heavy atom. The fraction of sp³-hybridized carbons (Fsp3) is 0.368. The standard InChI is InChI=1S/C19H24N2O6/c1-10(22)14-15(12(8-9-20)21-16(14)19(23)27-5)11-6-7-13(24-2)18(26-4)17(11)25-3/h6-7,21H,8-9,20H2,1-5H3. The van der Waals surface area contributed by atoms with Gasteiger partial charge in [0.1, 0.15) is 5.69 Å². The molecule has 0 spiro atoms. The number of Topliss-reactive ketones (excluding diaryl/α,β-unsaturated/α-hetero) is 1. The highest BCUT2D eigenvalue weighted by Crippen LogP contribution is 2.46. The van der Waals surface area contributed by atoms with E-state index in [9.17, 15) is 9.59 Å². The summed E-state index contributed by atoms with van der Waals surface area (Å²) in [7, 11) is 5.76. The molecule has 27 heavy (non-hydrogen) atoms. The summed E-state index contributed by atoms with van der Waals surface area (Å²) < 4.78 is 21.1. The SMILES string of the molecule is COC(=O)c1[nH]c(CCN)c(-c2ccc(OC)c(OC)c2OC)c1C(C)=O. The van der Waals surface area contributed by atoms with Gasteiger partial charge in [-0.25, -0.2) is 4.79 Å². The lowest BCUT2D eigenvalue weighted by atomic mass is 9.95. The van der Waals surface area contributed by atoms with E-state index in [0.717, 1.165) is 0 Å². The average Bonchev–Trinajstić information content (AvgIpc) is 3.05. The molecule has 0 radical (unpaired) electrons. The Hall–Kier alpha value is -3.00. The smallest absolute Gasteiger partial charge is 0.355 e. The molecule has 0 fully saturated rings. The quantitative estimate of drug-likeness (QED) is 0.536. The zero-order valence-electron chi connectivity index (χ0n) is 16.1. The number of aromatic nitrogens is 1. The van der Waals surface area contributed by atoms with Gasteiger partial charge >= 0.3 is 5.97 Å². The molecule has 0 atom stereocenters. The maximum absolute atomic E-state index is 12.4. The number of nitrogens with two attached hydrogens (primary N) is 1. The fourth-order valence-electron chi connectivity index (χ4n) is 3.09. The lowest BCUT2D eigenvalue weighted by Gasteiger charge is -2.17. The largest absolute Gasteiger partial charge is 0.493 e. The summed E-state index contributed by atoms with van der Waals surface area (Å²) in [5.41, 5.74) is 7.77. The first-order valence-electron chi connectivity index (χ1n) is 8.28. The monoisotopic (exact) mass is 376 g/mol. The third-order valence-electron chi connectivity index (χ3n) is 4.19. The number of aromatic amines is 1. The van der Waals surface area contributed by atoms with Gasteiger partial charge in [0.05, 0.1) is 34.0 Å². The third-order valence-corrected chi connectivity index (χ3v) is 4.19. The lowest BCUT2D eigenvalue weighted by Crippen LogP contribution is -2.08. The van der Waals surface area contributed by atoms with Crippen molar-refractivity contribution in [3.8, 4) is 28.4 Å². The van der Waals surface area contributed by atoms with Gasteiger partial charge in [0, 0.05) is 23.2 Å². The van der Waals surface area contributed by atoms with E-state index in [-0.39, 0.29) is 17.0 Å². The van der Waals surface area contributed by atoms with Crippen molar-refractivity contribution in [2.75, 3.05) is 35.0 Å². The number of nitrogens with one attached hydrogen (secondary N) is 1. The summed E-state index contributed by atoms with van der Waals surface area (Å²) in [5, 5.41) is 0. The highest BCUT2D eigenvalue weighted by molar-refractivity contribution is 6.10. The van der Waals surface area contributed by atoms with E-state index in [0.29, 0.717) is 47.0 Å². The number of carbonyl (C=O) groups is 2. The normalized spacial score (nSPS) is 10.4. The summed E-state index contributed by atoms with van der Waals surface area (Å²) in [5.74, 6) is 0.317. The molecule has 0 aliphatic rings. The Labute approximate surface area is 157 Å². The molecule has 2 aromatic rings. The first-order valence-corrected chi connectivity index (χ1v) is 8.28. The number of H-pyrrole nitrogens is 1. The molecule has 1 aromatic heterocycles. The van der Waals surface area contributed by atoms with E-state index in [1.807, 2.05) is 0 Å². The molecule has 0 aliphatic carbocycles. The van der Waals surface area contributed by atoms with Gasteiger partial charge in [-0.15, -0.1) is 0 Å². The summed E-state index contributed by atoms with van der Waals surface area (Å²) in [6, 6.07) is 3.45. The van der Waals surface area contributed by atoms with E-state index in [1.165, 1.54) is 35.4 Å². The maximum Gasteiger partial charge on any atom is 0.355 e. The second kappa shape index (κ2) is 8.59. The number of carbonyl (C=O) groups excluding carboxylic acids is 2. The van der Waals surface area contributed by atoms with Crippen molar-refractivity contribution in [3.63, 3.8) is 0 Å². The zero-order valence-corrected chi connectivity index (χ0v) is 16.1. The van der Waals surface area contributed by atoms with Gasteiger partial charge in [-0.05, 0) is 25.6 Å². The highest BCUT2D eigenvalue weighted by atomic mass is 16.5. The van der Waals surface area contributed by atoms with E-state index < -0.39 is 5.97 Å². The summed E-state index contributed by atoms with van der Waals surface area (Å²) >= 11 is 0. The molecule has 2 rings (SSSR count). The first-order chi connectivity index (χ1) is 12.9. The number of hydrogen-bond acceptors (Lipinski definition) is 7. The van der Waals surface area contributed by atoms with Crippen molar-refractivity contribution >= 4 is 11.8 Å². The number of hydrogen-bond donors (Lipinski definition) is 2. The molecule has 0 unspecified atom stereocenters. The number of rotatable bonds is 8. The minimum atomic E-state index is -0.635. The molecule has 3 N–H and O–H groups in total. The number of esters is 1. The van der Waals surface area contributed by atoms with E-state index in [4.69, 9.17) is 24.7 Å². The molecule has 1 heterocycles. The maximum atomic E-state index is 12.4. The van der Waals surface area contributed by atoms with Crippen LogP contribution in [0.25, 0.3) is 11.1 Å². The second-order valence-corrected chi connectivity index (χ2v) is 5.70. The van der Waals surface area contributed by atoms with Crippen LogP contribution in [0.3, 0.4) is 0 Å². The second-order valence-electron chi connectivity index (χ2n) is 5.70. The number of benzene rings is 1. The molecular weight excluding hydrogens is 352 g/mol. The van der Waals surface area contributed by atoms with Crippen molar-refractivity contribution in [2.24, 2.45) is 5.73 Å². The van der Waals surface area contributed by atoms with Crippen LogP contribution in [0.5, 0.6) is 17.2 Å². The van der Waals surface area contributed by atoms with Crippen molar-refractivity contribution in [1.82, 2.24) is 4.98 Å². The predicted octanol–water partition coefficient (Wildman–Crippen LogP) is 2.20. The minimum Gasteiger partial charge on any atom is -0.493 e. The topological polar surface area (TPSA) is 113 Å². The third kappa shape index (κ3) is 3.61. The molecule has 1 aromatic carbocycles. The van der Waals surface area contributed by atoms with Crippen molar-refractivity contribution in [1.29, 1.82) is 0 Å². The molecular formula is C19H24N2O6. The minimum absolute atomic E-state index is 0.0836. The van der Waals surface area contributed by atoms with Crippen LogP contribution in [0.15, 0.2) is 12.1 Å². The Bertz CT molecular complexity index is 856. The van der Waals surface area contributed by atoms with Crippen LogP contribution in [-0.2, 0) is 11.2 Å². The zero-order chi connectivity index (χ0) is 20.1. The van der Waals surface area contributed by atoms with Crippen LogP contribution in [0.4, 0.5) is 0 Å². The molecule has 8 nitrogen and oxygen atoms in total. The number of ketones is 1. The van der Waals surface area contributed by atoms with E-state index in [1.54, 1.807) is 12.1 Å². The predicted molar refractivity (Wildman–Crippen MR) is 100.0 cm³/mol.